The van der Waals surface area contributed by atoms with E-state index in [-0.39, 0.29) is 19.1 Å². The van der Waals surface area contributed by atoms with E-state index in [4.69, 9.17) is 9.05 Å². The molecule has 0 rings (SSSR count). The van der Waals surface area contributed by atoms with Crippen LogP contribution in [-0.2, 0) is 18.4 Å². The summed E-state index contributed by atoms with van der Waals surface area (Å²) in [6, 6.07) is -0.868. The van der Waals surface area contributed by atoms with Gasteiger partial charge in [-0.3, -0.25) is 13.8 Å². The second-order valence-corrected chi connectivity index (χ2v) is 15.8. The zero-order chi connectivity index (χ0) is 35.8. The van der Waals surface area contributed by atoms with Crippen molar-refractivity contribution in [3.63, 3.8) is 0 Å². The minimum Gasteiger partial charge on any atom is -0.387 e. The van der Waals surface area contributed by atoms with E-state index in [0.717, 1.165) is 25.7 Å². The number of carbonyl (C=O) groups excluding carboxylic acids is 1. The average molecular weight is 700 g/mol. The van der Waals surface area contributed by atoms with Crippen LogP contribution in [-0.4, -0.2) is 73.4 Å². The molecule has 0 aliphatic heterocycles. The van der Waals surface area contributed by atoms with Gasteiger partial charge in [0.15, 0.2) is 0 Å². The second kappa shape index (κ2) is 31.7. The standard InChI is InChI=1S/C39H75N2O6P/c1-6-7-8-9-10-11-12-13-14-15-16-17-18-19-20-21-22-23-24-25-26-27-28-29-30-31-32-33-39(43)38(40-37(2)42)36-47-48(44,45)46-35-34-41(3,4)5/h24-25,28-29,32-33,38-39,43H,6-23,26-27,30-31,34-36H2,1-5H3,(H-,40,42,44,45)/p+1/b25-24+,29-28+,33-32+. The minimum atomic E-state index is -4.30. The summed E-state index contributed by atoms with van der Waals surface area (Å²) >= 11 is 0. The number of nitrogens with one attached hydrogen (secondary N) is 1. The van der Waals surface area contributed by atoms with Gasteiger partial charge in [-0.1, -0.05) is 146 Å². The fourth-order valence-corrected chi connectivity index (χ4v) is 6.08. The Morgan fingerprint density at radius 1 is 0.688 bits per heavy atom. The normalized spacial score (nSPS) is 15.1. The van der Waals surface area contributed by atoms with Crippen LogP contribution in [0.15, 0.2) is 36.5 Å². The topological polar surface area (TPSA) is 105 Å². The Hall–Kier alpha value is -1.28. The van der Waals surface area contributed by atoms with E-state index < -0.39 is 20.0 Å². The molecule has 0 aliphatic carbocycles. The van der Waals surface area contributed by atoms with Crippen molar-refractivity contribution < 1.29 is 32.9 Å². The predicted octanol–water partition coefficient (Wildman–Crippen LogP) is 9.96. The van der Waals surface area contributed by atoms with E-state index in [1.54, 1.807) is 6.08 Å². The smallest absolute Gasteiger partial charge is 0.387 e. The largest absolute Gasteiger partial charge is 0.472 e. The van der Waals surface area contributed by atoms with Crippen molar-refractivity contribution in [3.8, 4) is 0 Å². The number of phosphoric ester groups is 1. The first-order valence-electron chi connectivity index (χ1n) is 19.3. The molecule has 0 heterocycles. The van der Waals surface area contributed by atoms with Gasteiger partial charge in [0.2, 0.25) is 5.91 Å². The number of phosphoric acid groups is 1. The molecule has 0 aromatic carbocycles. The maximum absolute atomic E-state index is 12.2. The molecule has 3 N–H and O–H groups in total. The zero-order valence-electron chi connectivity index (χ0n) is 31.7. The Morgan fingerprint density at radius 2 is 1.10 bits per heavy atom. The number of unbranched alkanes of at least 4 members (excludes halogenated alkanes) is 19. The van der Waals surface area contributed by atoms with E-state index in [9.17, 15) is 19.4 Å². The first-order chi connectivity index (χ1) is 23.0. The third-order valence-electron chi connectivity index (χ3n) is 8.38. The van der Waals surface area contributed by atoms with Gasteiger partial charge in [-0.2, -0.15) is 0 Å². The van der Waals surface area contributed by atoms with Crippen molar-refractivity contribution in [2.75, 3.05) is 40.9 Å². The van der Waals surface area contributed by atoms with Crippen LogP contribution in [0.2, 0.25) is 0 Å². The lowest BCUT2D eigenvalue weighted by Crippen LogP contribution is -2.44. The Labute approximate surface area is 296 Å². The molecule has 1 amide bonds. The molecule has 48 heavy (non-hydrogen) atoms. The van der Waals surface area contributed by atoms with Gasteiger partial charge in [-0.05, 0) is 38.5 Å². The summed E-state index contributed by atoms with van der Waals surface area (Å²) in [6.45, 7) is 3.83. The van der Waals surface area contributed by atoms with Crippen molar-refractivity contribution in [2.45, 2.75) is 167 Å². The van der Waals surface area contributed by atoms with Crippen molar-refractivity contribution in [2.24, 2.45) is 0 Å². The Bertz CT molecular complexity index is 886. The van der Waals surface area contributed by atoms with Crippen LogP contribution in [0, 0.1) is 0 Å². The van der Waals surface area contributed by atoms with Crippen molar-refractivity contribution in [1.29, 1.82) is 0 Å². The Balaban J connectivity index is 3.81. The molecular formula is C39H76N2O6P+. The summed E-state index contributed by atoms with van der Waals surface area (Å²) in [5.41, 5.74) is 0. The van der Waals surface area contributed by atoms with Crippen LogP contribution in [0.25, 0.3) is 0 Å². The fourth-order valence-electron chi connectivity index (χ4n) is 5.34. The lowest BCUT2D eigenvalue weighted by molar-refractivity contribution is -0.870. The number of amides is 1. The lowest BCUT2D eigenvalue weighted by atomic mass is 10.0. The van der Waals surface area contributed by atoms with E-state index >= 15 is 0 Å². The summed E-state index contributed by atoms with van der Waals surface area (Å²) < 4.78 is 22.8. The third kappa shape index (κ3) is 34.6. The maximum Gasteiger partial charge on any atom is 0.472 e. The number of hydrogen-bond donors (Lipinski definition) is 3. The summed E-state index contributed by atoms with van der Waals surface area (Å²) in [5, 5.41) is 13.1. The van der Waals surface area contributed by atoms with Crippen molar-refractivity contribution in [1.82, 2.24) is 5.32 Å². The first kappa shape index (κ1) is 46.7. The summed E-state index contributed by atoms with van der Waals surface area (Å²) in [4.78, 5) is 21.5. The summed E-state index contributed by atoms with van der Waals surface area (Å²) in [6.07, 6.45) is 40.1. The monoisotopic (exact) mass is 700 g/mol. The highest BCUT2D eigenvalue weighted by Crippen LogP contribution is 2.43. The molecule has 8 nitrogen and oxygen atoms in total. The fraction of sp³-hybridized carbons (Fsp3) is 0.821. The van der Waals surface area contributed by atoms with Crippen molar-refractivity contribution >= 4 is 13.7 Å². The van der Waals surface area contributed by atoms with Crippen LogP contribution in [0.5, 0.6) is 0 Å². The van der Waals surface area contributed by atoms with Crippen LogP contribution < -0.4 is 5.32 Å². The third-order valence-corrected chi connectivity index (χ3v) is 9.36. The molecule has 0 saturated carbocycles. The summed E-state index contributed by atoms with van der Waals surface area (Å²) in [7, 11) is 1.53. The van der Waals surface area contributed by atoms with Crippen LogP contribution in [0.4, 0.5) is 0 Å². The van der Waals surface area contributed by atoms with E-state index in [2.05, 4.69) is 36.5 Å². The van der Waals surface area contributed by atoms with Gasteiger partial charge in [0.05, 0.1) is 39.9 Å². The number of aliphatic hydroxyl groups excluding tert-OH is 1. The van der Waals surface area contributed by atoms with E-state index in [1.165, 1.54) is 122 Å². The average Bonchev–Trinajstić information content (AvgIpc) is 3.01. The van der Waals surface area contributed by atoms with Crippen LogP contribution in [0.1, 0.15) is 155 Å². The van der Waals surface area contributed by atoms with Crippen LogP contribution >= 0.6 is 7.82 Å². The van der Waals surface area contributed by atoms with Crippen LogP contribution in [0.3, 0.4) is 0 Å². The highest BCUT2D eigenvalue weighted by molar-refractivity contribution is 7.47. The van der Waals surface area contributed by atoms with Gasteiger partial charge in [0.25, 0.3) is 0 Å². The molecule has 0 saturated heterocycles. The zero-order valence-corrected chi connectivity index (χ0v) is 32.6. The first-order valence-corrected chi connectivity index (χ1v) is 20.8. The number of hydrogen-bond acceptors (Lipinski definition) is 5. The highest BCUT2D eigenvalue weighted by atomic mass is 31.2. The molecule has 282 valence electrons. The van der Waals surface area contributed by atoms with Gasteiger partial charge in [0.1, 0.15) is 13.2 Å². The maximum atomic E-state index is 12.2. The molecule has 0 aliphatic rings. The number of likely N-dealkylation sites (N-methyl/N-ethyl adjacent to an activating group) is 1. The molecular weight excluding hydrogens is 623 g/mol. The molecule has 9 heteroatoms. The van der Waals surface area contributed by atoms with Gasteiger partial charge >= 0.3 is 7.82 Å². The van der Waals surface area contributed by atoms with Gasteiger partial charge in [-0.15, -0.1) is 0 Å². The quantitative estimate of drug-likeness (QED) is 0.0267. The van der Waals surface area contributed by atoms with E-state index in [1.807, 2.05) is 27.2 Å². The number of carbonyl (C=O) groups is 1. The minimum absolute atomic E-state index is 0.0496. The molecule has 0 aromatic heterocycles. The molecule has 3 atom stereocenters. The second-order valence-electron chi connectivity index (χ2n) is 14.4. The summed E-state index contributed by atoms with van der Waals surface area (Å²) in [5.74, 6) is -0.369. The van der Waals surface area contributed by atoms with Gasteiger partial charge < -0.3 is 19.8 Å². The Morgan fingerprint density at radius 3 is 1.54 bits per heavy atom. The number of nitrogens with zero attached hydrogens (tertiary/aromatic N) is 1. The number of rotatable bonds is 34. The molecule has 0 bridgehead atoms. The van der Waals surface area contributed by atoms with Gasteiger partial charge in [-0.25, -0.2) is 4.57 Å². The predicted molar refractivity (Wildman–Crippen MR) is 203 cm³/mol. The molecule has 0 radical (unpaired) electrons. The van der Waals surface area contributed by atoms with Gasteiger partial charge in [0, 0.05) is 6.92 Å². The number of aliphatic hydroxyl groups is 1. The molecule has 3 unspecified atom stereocenters. The Kier molecular flexibility index (Phi) is 30.8. The lowest BCUT2D eigenvalue weighted by Gasteiger charge is -2.25. The number of allylic oxidation sites excluding steroid dienone is 5. The number of quaternary nitrogens is 1. The highest BCUT2D eigenvalue weighted by Gasteiger charge is 2.27. The molecule has 0 aromatic rings. The molecule has 0 spiro atoms. The van der Waals surface area contributed by atoms with E-state index in [0.29, 0.717) is 11.0 Å². The molecule has 0 fully saturated rings. The van der Waals surface area contributed by atoms with Crippen molar-refractivity contribution in [3.05, 3.63) is 36.5 Å². The SMILES string of the molecule is CCCCCCCCCCCCCCCCCCC/C=C/CC/C=C/CC/C=C/C(O)C(COP(=O)(O)OCC[N+](C)(C)C)NC(C)=O.